The summed E-state index contributed by atoms with van der Waals surface area (Å²) in [5.41, 5.74) is 0.576. The summed E-state index contributed by atoms with van der Waals surface area (Å²) in [6, 6.07) is 7.17. The molecule has 1 aromatic heterocycles. The molecule has 0 unspecified atom stereocenters. The van der Waals surface area contributed by atoms with E-state index < -0.39 is 17.9 Å². The fourth-order valence-corrected chi connectivity index (χ4v) is 2.20. The highest BCUT2D eigenvalue weighted by Crippen LogP contribution is 2.27. The van der Waals surface area contributed by atoms with Crippen LogP contribution in [0.15, 0.2) is 36.7 Å². The fourth-order valence-electron chi connectivity index (χ4n) is 2.20. The molecule has 5 heteroatoms. The Balaban J connectivity index is 2.52. The summed E-state index contributed by atoms with van der Waals surface area (Å²) in [7, 11) is 0. The average molecular weight is 287 g/mol. The summed E-state index contributed by atoms with van der Waals surface area (Å²) < 4.78 is 10.0. The van der Waals surface area contributed by atoms with E-state index in [1.54, 1.807) is 44.4 Å². The van der Waals surface area contributed by atoms with Gasteiger partial charge in [-0.05, 0) is 30.9 Å². The van der Waals surface area contributed by atoms with Gasteiger partial charge in [0.2, 0.25) is 0 Å². The number of carbonyl (C=O) groups excluding carboxylic acids is 2. The Morgan fingerprint density at radius 2 is 1.76 bits per heavy atom. The number of esters is 2. The topological polar surface area (TPSA) is 65.5 Å². The number of nitrogens with zero attached hydrogens (tertiary/aromatic N) is 1. The van der Waals surface area contributed by atoms with Gasteiger partial charge in [0.05, 0.1) is 13.2 Å². The van der Waals surface area contributed by atoms with Crippen molar-refractivity contribution in [1.82, 2.24) is 4.98 Å². The van der Waals surface area contributed by atoms with Crippen molar-refractivity contribution in [3.63, 3.8) is 0 Å². The minimum absolute atomic E-state index is 0.209. The molecule has 0 atom stereocenters. The number of pyridine rings is 1. The number of hydrogen-bond acceptors (Lipinski definition) is 5. The third-order valence-electron chi connectivity index (χ3n) is 3.07. The standard InChI is InChI=1S/C16H17NO4/c1-3-20-15(18)14(16(19)21-4-2)13-7-5-6-11-10-17-9-8-12(11)13/h5-10,14H,3-4H2,1-2H3. The Morgan fingerprint density at radius 1 is 1.10 bits per heavy atom. The van der Waals surface area contributed by atoms with Crippen LogP contribution in [0.1, 0.15) is 25.3 Å². The van der Waals surface area contributed by atoms with E-state index in [1.807, 2.05) is 6.07 Å². The lowest BCUT2D eigenvalue weighted by molar-refractivity contribution is -0.156. The van der Waals surface area contributed by atoms with E-state index in [-0.39, 0.29) is 13.2 Å². The molecule has 110 valence electrons. The molecule has 0 aliphatic heterocycles. The van der Waals surface area contributed by atoms with Gasteiger partial charge in [-0.3, -0.25) is 14.6 Å². The summed E-state index contributed by atoms with van der Waals surface area (Å²) >= 11 is 0. The Hall–Kier alpha value is -2.43. The minimum atomic E-state index is -1.07. The Bertz CT molecular complexity index is 630. The average Bonchev–Trinajstić information content (AvgIpc) is 2.48. The molecule has 0 bridgehead atoms. The maximum atomic E-state index is 12.2. The molecule has 0 aliphatic rings. The molecular weight excluding hydrogens is 270 g/mol. The van der Waals surface area contributed by atoms with Crippen LogP contribution >= 0.6 is 0 Å². The first-order valence-electron chi connectivity index (χ1n) is 6.85. The molecule has 0 aliphatic carbocycles. The molecule has 5 nitrogen and oxygen atoms in total. The number of hydrogen-bond donors (Lipinski definition) is 0. The van der Waals surface area contributed by atoms with Crippen LogP contribution in [-0.2, 0) is 19.1 Å². The van der Waals surface area contributed by atoms with Gasteiger partial charge in [-0.2, -0.15) is 0 Å². The number of carbonyl (C=O) groups is 2. The van der Waals surface area contributed by atoms with Crippen LogP contribution in [0.25, 0.3) is 10.8 Å². The second-order valence-electron chi connectivity index (χ2n) is 4.38. The Kier molecular flexibility index (Phi) is 4.87. The molecule has 2 aromatic rings. The monoisotopic (exact) mass is 287 g/mol. The maximum Gasteiger partial charge on any atom is 0.324 e. The van der Waals surface area contributed by atoms with E-state index in [1.165, 1.54) is 0 Å². The van der Waals surface area contributed by atoms with Gasteiger partial charge in [-0.25, -0.2) is 0 Å². The molecule has 0 saturated carbocycles. The summed E-state index contributed by atoms with van der Waals surface area (Å²) in [4.78, 5) is 28.4. The molecule has 0 spiro atoms. The lowest BCUT2D eigenvalue weighted by atomic mass is 9.94. The lowest BCUT2D eigenvalue weighted by Crippen LogP contribution is -2.26. The summed E-state index contributed by atoms with van der Waals surface area (Å²) in [5, 5.41) is 1.65. The van der Waals surface area contributed by atoms with Crippen molar-refractivity contribution >= 4 is 22.7 Å². The highest BCUT2D eigenvalue weighted by Gasteiger charge is 2.32. The number of aromatic nitrogens is 1. The van der Waals surface area contributed by atoms with Gasteiger partial charge in [0.15, 0.2) is 5.92 Å². The molecule has 21 heavy (non-hydrogen) atoms. The highest BCUT2D eigenvalue weighted by atomic mass is 16.6. The first kappa shape index (κ1) is 15.0. The predicted octanol–water partition coefficient (Wildman–Crippen LogP) is 2.44. The lowest BCUT2D eigenvalue weighted by Gasteiger charge is -2.16. The quantitative estimate of drug-likeness (QED) is 0.624. The molecule has 0 saturated heterocycles. The van der Waals surface area contributed by atoms with Gasteiger partial charge in [0.1, 0.15) is 0 Å². The van der Waals surface area contributed by atoms with E-state index in [4.69, 9.17) is 9.47 Å². The van der Waals surface area contributed by atoms with Crippen LogP contribution in [-0.4, -0.2) is 30.1 Å². The summed E-state index contributed by atoms with van der Waals surface area (Å²) in [5.74, 6) is -2.27. The Morgan fingerprint density at radius 3 is 2.38 bits per heavy atom. The Labute approximate surface area is 122 Å². The van der Waals surface area contributed by atoms with E-state index in [0.29, 0.717) is 5.56 Å². The van der Waals surface area contributed by atoms with Crippen LogP contribution in [0.3, 0.4) is 0 Å². The van der Waals surface area contributed by atoms with Crippen molar-refractivity contribution < 1.29 is 19.1 Å². The SMILES string of the molecule is CCOC(=O)C(C(=O)OCC)c1cccc2cnccc12. The van der Waals surface area contributed by atoms with Crippen molar-refractivity contribution in [2.75, 3.05) is 13.2 Å². The van der Waals surface area contributed by atoms with E-state index in [0.717, 1.165) is 10.8 Å². The van der Waals surface area contributed by atoms with Gasteiger partial charge in [-0.15, -0.1) is 0 Å². The zero-order valence-corrected chi connectivity index (χ0v) is 12.0. The smallest absolute Gasteiger partial charge is 0.324 e. The van der Waals surface area contributed by atoms with Crippen molar-refractivity contribution in [3.8, 4) is 0 Å². The number of ether oxygens (including phenoxy) is 2. The van der Waals surface area contributed by atoms with Crippen molar-refractivity contribution in [3.05, 3.63) is 42.2 Å². The molecular formula is C16H17NO4. The van der Waals surface area contributed by atoms with Gasteiger partial charge < -0.3 is 9.47 Å². The summed E-state index contributed by atoms with van der Waals surface area (Å²) in [6.45, 7) is 3.82. The second kappa shape index (κ2) is 6.83. The van der Waals surface area contributed by atoms with Gasteiger partial charge in [0, 0.05) is 17.8 Å². The molecule has 1 aromatic carbocycles. The third kappa shape index (κ3) is 3.18. The molecule has 1 heterocycles. The van der Waals surface area contributed by atoms with Gasteiger partial charge in [-0.1, -0.05) is 18.2 Å². The van der Waals surface area contributed by atoms with Crippen LogP contribution in [0.2, 0.25) is 0 Å². The van der Waals surface area contributed by atoms with E-state index >= 15 is 0 Å². The van der Waals surface area contributed by atoms with Gasteiger partial charge in [0.25, 0.3) is 0 Å². The van der Waals surface area contributed by atoms with Gasteiger partial charge >= 0.3 is 11.9 Å². The predicted molar refractivity (Wildman–Crippen MR) is 77.8 cm³/mol. The van der Waals surface area contributed by atoms with Crippen LogP contribution in [0.5, 0.6) is 0 Å². The molecule has 0 fully saturated rings. The largest absolute Gasteiger partial charge is 0.465 e. The molecule has 0 amide bonds. The first-order chi connectivity index (χ1) is 10.2. The first-order valence-corrected chi connectivity index (χ1v) is 6.85. The second-order valence-corrected chi connectivity index (χ2v) is 4.38. The number of benzene rings is 1. The molecule has 0 N–H and O–H groups in total. The van der Waals surface area contributed by atoms with Crippen molar-refractivity contribution in [1.29, 1.82) is 0 Å². The zero-order valence-electron chi connectivity index (χ0n) is 12.0. The summed E-state index contributed by atoms with van der Waals surface area (Å²) in [6.07, 6.45) is 3.31. The van der Waals surface area contributed by atoms with E-state index in [2.05, 4.69) is 4.98 Å². The minimum Gasteiger partial charge on any atom is -0.465 e. The van der Waals surface area contributed by atoms with Crippen LogP contribution in [0.4, 0.5) is 0 Å². The number of fused-ring (bicyclic) bond motifs is 1. The zero-order chi connectivity index (χ0) is 15.2. The van der Waals surface area contributed by atoms with E-state index in [9.17, 15) is 9.59 Å². The maximum absolute atomic E-state index is 12.2. The normalized spacial score (nSPS) is 10.6. The van der Waals surface area contributed by atoms with Crippen LogP contribution < -0.4 is 0 Å². The highest BCUT2D eigenvalue weighted by molar-refractivity contribution is 6.04. The van der Waals surface area contributed by atoms with Crippen LogP contribution in [0, 0.1) is 0 Å². The fraction of sp³-hybridized carbons (Fsp3) is 0.312. The van der Waals surface area contributed by atoms with Crippen molar-refractivity contribution in [2.45, 2.75) is 19.8 Å². The molecule has 2 rings (SSSR count). The van der Waals surface area contributed by atoms with Crippen molar-refractivity contribution in [2.24, 2.45) is 0 Å². The third-order valence-corrected chi connectivity index (χ3v) is 3.07. The number of rotatable bonds is 5. The molecule has 0 radical (unpaired) electrons.